The number of hydrogen-bond acceptors (Lipinski definition) is 4. The van der Waals surface area contributed by atoms with Crippen LogP contribution in [0.4, 0.5) is 0 Å². The molecular weight excluding hydrogens is 332 g/mol. The van der Waals surface area contributed by atoms with E-state index in [1.165, 1.54) is 4.90 Å². The lowest BCUT2D eigenvalue weighted by molar-refractivity contribution is 0.0538. The van der Waals surface area contributed by atoms with Crippen LogP contribution in [0.2, 0.25) is 0 Å². The van der Waals surface area contributed by atoms with Gasteiger partial charge in [0.05, 0.1) is 17.2 Å². The van der Waals surface area contributed by atoms with E-state index in [0.717, 1.165) is 32.1 Å². The van der Waals surface area contributed by atoms with Gasteiger partial charge in [-0.3, -0.25) is 19.3 Å². The van der Waals surface area contributed by atoms with Crippen LogP contribution in [0.1, 0.15) is 76.0 Å². The molecule has 1 saturated carbocycles. The standard InChI is InChI=1S/C20H24N2O4/c23-15-8-10-21(11-9-15)18(24)13-6-7-16-17(12-13)20(26)22(19(16)25)14-4-2-1-3-5-14/h6-7,12,14-15,23H,1-5,8-11H2. The second-order valence-corrected chi connectivity index (χ2v) is 7.56. The molecule has 1 aromatic rings. The van der Waals surface area contributed by atoms with E-state index in [1.807, 2.05) is 0 Å². The van der Waals surface area contributed by atoms with Crippen LogP contribution in [0.3, 0.4) is 0 Å². The van der Waals surface area contributed by atoms with Gasteiger partial charge in [0, 0.05) is 24.7 Å². The van der Waals surface area contributed by atoms with Crippen molar-refractivity contribution in [3.63, 3.8) is 0 Å². The average Bonchev–Trinajstić information content (AvgIpc) is 2.92. The van der Waals surface area contributed by atoms with E-state index in [1.54, 1.807) is 23.1 Å². The summed E-state index contributed by atoms with van der Waals surface area (Å²) in [5, 5.41) is 9.60. The smallest absolute Gasteiger partial charge is 0.261 e. The summed E-state index contributed by atoms with van der Waals surface area (Å²) in [4.78, 5) is 41.4. The topological polar surface area (TPSA) is 77.9 Å². The van der Waals surface area contributed by atoms with Crippen LogP contribution in [0.5, 0.6) is 0 Å². The largest absolute Gasteiger partial charge is 0.393 e. The highest BCUT2D eigenvalue weighted by Gasteiger charge is 2.40. The van der Waals surface area contributed by atoms with Gasteiger partial charge >= 0.3 is 0 Å². The number of likely N-dealkylation sites (tertiary alicyclic amines) is 1. The lowest BCUT2D eigenvalue weighted by atomic mass is 9.94. The number of benzene rings is 1. The Balaban J connectivity index is 1.56. The van der Waals surface area contributed by atoms with Crippen molar-refractivity contribution in [2.24, 2.45) is 0 Å². The highest BCUT2D eigenvalue weighted by Crippen LogP contribution is 2.31. The number of hydrogen-bond donors (Lipinski definition) is 1. The lowest BCUT2D eigenvalue weighted by Gasteiger charge is -2.29. The predicted octanol–water partition coefficient (Wildman–Crippen LogP) is 2.21. The first-order valence-corrected chi connectivity index (χ1v) is 9.55. The maximum atomic E-state index is 12.8. The van der Waals surface area contributed by atoms with E-state index in [9.17, 15) is 19.5 Å². The molecule has 0 aromatic heterocycles. The van der Waals surface area contributed by atoms with Gasteiger partial charge in [-0.15, -0.1) is 0 Å². The summed E-state index contributed by atoms with van der Waals surface area (Å²) >= 11 is 0. The number of aliphatic hydroxyl groups excluding tert-OH is 1. The molecule has 0 spiro atoms. The molecule has 2 heterocycles. The molecule has 4 rings (SSSR count). The summed E-state index contributed by atoms with van der Waals surface area (Å²) in [5.74, 6) is -0.631. The molecular formula is C20H24N2O4. The van der Waals surface area contributed by atoms with Crippen LogP contribution in [0, 0.1) is 0 Å². The Morgan fingerprint density at radius 1 is 0.923 bits per heavy atom. The molecule has 2 fully saturated rings. The van der Waals surface area contributed by atoms with Crippen LogP contribution in [-0.4, -0.2) is 57.9 Å². The fourth-order valence-corrected chi connectivity index (χ4v) is 4.31. The first kappa shape index (κ1) is 17.2. The van der Waals surface area contributed by atoms with Crippen molar-refractivity contribution in [1.29, 1.82) is 0 Å². The first-order valence-electron chi connectivity index (χ1n) is 9.55. The van der Waals surface area contributed by atoms with Crippen molar-refractivity contribution in [2.75, 3.05) is 13.1 Å². The first-order chi connectivity index (χ1) is 12.6. The molecule has 3 amide bonds. The third kappa shape index (κ3) is 2.92. The van der Waals surface area contributed by atoms with Gasteiger partial charge in [0.25, 0.3) is 17.7 Å². The van der Waals surface area contributed by atoms with Crippen LogP contribution in [-0.2, 0) is 0 Å². The minimum absolute atomic E-state index is 0.0149. The molecule has 6 heteroatoms. The fraction of sp³-hybridized carbons (Fsp3) is 0.550. The van der Waals surface area contributed by atoms with Gasteiger partial charge in [-0.1, -0.05) is 19.3 Å². The molecule has 3 aliphatic rings. The van der Waals surface area contributed by atoms with Crippen LogP contribution >= 0.6 is 0 Å². The molecule has 1 aliphatic carbocycles. The summed E-state index contributed by atoms with van der Waals surface area (Å²) < 4.78 is 0. The Labute approximate surface area is 152 Å². The summed E-state index contributed by atoms with van der Waals surface area (Å²) in [7, 11) is 0. The highest BCUT2D eigenvalue weighted by molar-refractivity contribution is 6.22. The Morgan fingerprint density at radius 3 is 2.27 bits per heavy atom. The maximum absolute atomic E-state index is 12.8. The Bertz CT molecular complexity index is 746. The molecule has 0 radical (unpaired) electrons. The van der Waals surface area contributed by atoms with Gasteiger partial charge in [0.1, 0.15) is 0 Å². The zero-order valence-electron chi connectivity index (χ0n) is 14.8. The number of carbonyl (C=O) groups excluding carboxylic acids is 3. The Hall–Kier alpha value is -2.21. The number of aliphatic hydroxyl groups is 1. The number of fused-ring (bicyclic) bond motifs is 1. The molecule has 1 aromatic carbocycles. The Kier molecular flexibility index (Phi) is 4.53. The summed E-state index contributed by atoms with van der Waals surface area (Å²) in [6, 6.07) is 4.82. The van der Waals surface area contributed by atoms with E-state index < -0.39 is 0 Å². The normalized spacial score (nSPS) is 22.0. The summed E-state index contributed by atoms with van der Waals surface area (Å²) in [6.07, 6.45) is 5.78. The second kappa shape index (κ2) is 6.83. The van der Waals surface area contributed by atoms with Gasteiger partial charge in [-0.25, -0.2) is 0 Å². The van der Waals surface area contributed by atoms with E-state index in [-0.39, 0.29) is 29.9 Å². The number of rotatable bonds is 2. The van der Waals surface area contributed by atoms with Gasteiger partial charge in [-0.2, -0.15) is 0 Å². The van der Waals surface area contributed by atoms with Crippen LogP contribution in [0.25, 0.3) is 0 Å². The van der Waals surface area contributed by atoms with E-state index in [2.05, 4.69) is 0 Å². The number of piperidine rings is 1. The molecule has 0 bridgehead atoms. The highest BCUT2D eigenvalue weighted by atomic mass is 16.3. The number of imide groups is 1. The summed E-state index contributed by atoms with van der Waals surface area (Å²) in [5.41, 5.74) is 1.20. The molecule has 26 heavy (non-hydrogen) atoms. The quantitative estimate of drug-likeness (QED) is 0.824. The van der Waals surface area contributed by atoms with E-state index in [0.29, 0.717) is 42.6 Å². The molecule has 2 aliphatic heterocycles. The van der Waals surface area contributed by atoms with E-state index in [4.69, 9.17) is 0 Å². The van der Waals surface area contributed by atoms with Gasteiger partial charge < -0.3 is 10.0 Å². The summed E-state index contributed by atoms with van der Waals surface area (Å²) in [6.45, 7) is 1.02. The predicted molar refractivity (Wildman–Crippen MR) is 95.0 cm³/mol. The van der Waals surface area contributed by atoms with Gasteiger partial charge in [0.15, 0.2) is 0 Å². The van der Waals surface area contributed by atoms with Gasteiger partial charge in [-0.05, 0) is 43.9 Å². The molecule has 6 nitrogen and oxygen atoms in total. The Morgan fingerprint density at radius 2 is 1.58 bits per heavy atom. The molecule has 0 atom stereocenters. The minimum Gasteiger partial charge on any atom is -0.393 e. The van der Waals surface area contributed by atoms with E-state index >= 15 is 0 Å². The van der Waals surface area contributed by atoms with Crippen molar-refractivity contribution in [3.8, 4) is 0 Å². The SMILES string of the molecule is O=C(c1ccc2c(c1)C(=O)N(C1CCCCC1)C2=O)N1CCC(O)CC1. The van der Waals surface area contributed by atoms with Crippen molar-refractivity contribution in [1.82, 2.24) is 9.80 Å². The van der Waals surface area contributed by atoms with Crippen LogP contribution in [0.15, 0.2) is 18.2 Å². The lowest BCUT2D eigenvalue weighted by Crippen LogP contribution is -2.41. The average molecular weight is 356 g/mol. The zero-order chi connectivity index (χ0) is 18.3. The maximum Gasteiger partial charge on any atom is 0.261 e. The number of amides is 3. The van der Waals surface area contributed by atoms with Crippen molar-refractivity contribution < 1.29 is 19.5 Å². The minimum atomic E-state index is -0.345. The fourth-order valence-electron chi connectivity index (χ4n) is 4.31. The molecule has 1 N–H and O–H groups in total. The molecule has 138 valence electrons. The monoisotopic (exact) mass is 356 g/mol. The third-order valence-corrected chi connectivity index (χ3v) is 5.86. The second-order valence-electron chi connectivity index (χ2n) is 7.56. The van der Waals surface area contributed by atoms with Gasteiger partial charge in [0.2, 0.25) is 0 Å². The molecule has 0 unspecified atom stereocenters. The van der Waals surface area contributed by atoms with Crippen molar-refractivity contribution >= 4 is 17.7 Å². The molecule has 1 saturated heterocycles. The van der Waals surface area contributed by atoms with Crippen molar-refractivity contribution in [2.45, 2.75) is 57.1 Å². The zero-order valence-corrected chi connectivity index (χ0v) is 14.8. The van der Waals surface area contributed by atoms with Crippen LogP contribution < -0.4 is 0 Å². The number of nitrogens with zero attached hydrogens (tertiary/aromatic N) is 2. The third-order valence-electron chi connectivity index (χ3n) is 5.86. The number of carbonyl (C=O) groups is 3. The van der Waals surface area contributed by atoms with Crippen molar-refractivity contribution in [3.05, 3.63) is 34.9 Å².